The molecule has 4 nitrogen and oxygen atoms in total. The van der Waals surface area contributed by atoms with Gasteiger partial charge in [0.1, 0.15) is 5.82 Å². The standard InChI is InChI=1S/C9H12N4S/c14-9-11-8(12-13-9)3-1-2-7-4-5-10-6-7/h4-6,10H,1-3H2,(H2,11,12,13,14). The van der Waals surface area contributed by atoms with Crippen LogP contribution in [0.1, 0.15) is 17.8 Å². The van der Waals surface area contributed by atoms with Crippen molar-refractivity contribution in [2.45, 2.75) is 19.3 Å². The van der Waals surface area contributed by atoms with Crippen LogP contribution in [0.15, 0.2) is 18.5 Å². The molecule has 0 saturated heterocycles. The van der Waals surface area contributed by atoms with E-state index in [1.807, 2.05) is 12.4 Å². The molecule has 2 aromatic rings. The molecule has 74 valence electrons. The largest absolute Gasteiger partial charge is 0.367 e. The fraction of sp³-hybridized carbons (Fsp3) is 0.333. The quantitative estimate of drug-likeness (QED) is 0.673. The highest BCUT2D eigenvalue weighted by atomic mass is 32.1. The minimum absolute atomic E-state index is 0.529. The van der Waals surface area contributed by atoms with Crippen molar-refractivity contribution in [1.82, 2.24) is 20.2 Å². The van der Waals surface area contributed by atoms with Crippen LogP contribution in [0.3, 0.4) is 0 Å². The molecule has 0 aliphatic carbocycles. The van der Waals surface area contributed by atoms with Crippen molar-refractivity contribution in [3.8, 4) is 0 Å². The van der Waals surface area contributed by atoms with E-state index >= 15 is 0 Å². The first kappa shape index (κ1) is 9.21. The van der Waals surface area contributed by atoms with Crippen molar-refractivity contribution >= 4 is 12.2 Å². The molecular weight excluding hydrogens is 196 g/mol. The molecule has 2 heterocycles. The van der Waals surface area contributed by atoms with Crippen molar-refractivity contribution in [3.63, 3.8) is 0 Å². The van der Waals surface area contributed by atoms with Crippen LogP contribution in [0.2, 0.25) is 0 Å². The molecule has 0 saturated carbocycles. The molecular formula is C9H12N4S. The topological polar surface area (TPSA) is 60.3 Å². The van der Waals surface area contributed by atoms with Crippen LogP contribution in [-0.4, -0.2) is 20.2 Å². The van der Waals surface area contributed by atoms with E-state index in [-0.39, 0.29) is 0 Å². The lowest BCUT2D eigenvalue weighted by Crippen LogP contribution is -1.91. The number of hydrogen-bond acceptors (Lipinski definition) is 2. The second-order valence-corrected chi connectivity index (χ2v) is 3.57. The summed E-state index contributed by atoms with van der Waals surface area (Å²) in [5.41, 5.74) is 1.33. The summed E-state index contributed by atoms with van der Waals surface area (Å²) in [5.74, 6) is 0.936. The number of rotatable bonds is 4. The van der Waals surface area contributed by atoms with E-state index in [1.165, 1.54) is 5.56 Å². The first-order chi connectivity index (χ1) is 6.84. The number of aromatic nitrogens is 4. The molecule has 2 aromatic heterocycles. The number of aryl methyl sites for hydroxylation is 2. The number of nitrogens with zero attached hydrogens (tertiary/aromatic N) is 1. The van der Waals surface area contributed by atoms with Crippen LogP contribution in [-0.2, 0) is 12.8 Å². The van der Waals surface area contributed by atoms with Crippen molar-refractivity contribution in [2.24, 2.45) is 0 Å². The van der Waals surface area contributed by atoms with Gasteiger partial charge in [0.05, 0.1) is 0 Å². The Morgan fingerprint density at radius 3 is 2.86 bits per heavy atom. The van der Waals surface area contributed by atoms with Gasteiger partial charge in [-0.05, 0) is 36.7 Å². The zero-order chi connectivity index (χ0) is 9.80. The van der Waals surface area contributed by atoms with Gasteiger partial charge in [0.25, 0.3) is 0 Å². The maximum Gasteiger partial charge on any atom is 0.213 e. The van der Waals surface area contributed by atoms with Crippen molar-refractivity contribution < 1.29 is 0 Å². The molecule has 3 N–H and O–H groups in total. The molecule has 0 radical (unpaired) electrons. The molecule has 0 aliphatic heterocycles. The minimum atomic E-state index is 0.529. The van der Waals surface area contributed by atoms with Gasteiger partial charge in [0.15, 0.2) is 0 Å². The third kappa shape index (κ3) is 2.32. The highest BCUT2D eigenvalue weighted by molar-refractivity contribution is 7.71. The summed E-state index contributed by atoms with van der Waals surface area (Å²) in [6, 6.07) is 2.09. The SMILES string of the molecule is S=c1nc(CCCc2cc[nH]c2)[nH][nH]1. The second-order valence-electron chi connectivity index (χ2n) is 3.19. The normalized spacial score (nSPS) is 10.6. The summed E-state index contributed by atoms with van der Waals surface area (Å²) in [6.45, 7) is 0. The van der Waals surface area contributed by atoms with Crippen molar-refractivity contribution in [3.05, 3.63) is 34.6 Å². The molecule has 0 unspecified atom stereocenters. The first-order valence-corrected chi connectivity index (χ1v) is 5.00. The van der Waals surface area contributed by atoms with Gasteiger partial charge in [-0.25, -0.2) is 4.98 Å². The van der Waals surface area contributed by atoms with Gasteiger partial charge in [0.2, 0.25) is 4.77 Å². The summed E-state index contributed by atoms with van der Waals surface area (Å²) in [5, 5.41) is 5.72. The number of nitrogens with one attached hydrogen (secondary N) is 3. The summed E-state index contributed by atoms with van der Waals surface area (Å²) >= 11 is 4.86. The Bertz CT molecular complexity index is 426. The minimum Gasteiger partial charge on any atom is -0.367 e. The van der Waals surface area contributed by atoms with Crippen LogP contribution in [0.4, 0.5) is 0 Å². The zero-order valence-corrected chi connectivity index (χ0v) is 8.53. The predicted molar refractivity (Wildman–Crippen MR) is 56.6 cm³/mol. The van der Waals surface area contributed by atoms with Gasteiger partial charge < -0.3 is 4.98 Å². The van der Waals surface area contributed by atoms with Crippen LogP contribution >= 0.6 is 12.2 Å². The van der Waals surface area contributed by atoms with E-state index in [0.29, 0.717) is 4.77 Å². The molecule has 0 aromatic carbocycles. The third-order valence-electron chi connectivity index (χ3n) is 2.09. The smallest absolute Gasteiger partial charge is 0.213 e. The summed E-state index contributed by atoms with van der Waals surface area (Å²) in [4.78, 5) is 7.16. The lowest BCUT2D eigenvalue weighted by atomic mass is 10.1. The van der Waals surface area contributed by atoms with E-state index in [0.717, 1.165) is 25.1 Å². The monoisotopic (exact) mass is 208 g/mol. The summed E-state index contributed by atoms with van der Waals surface area (Å²) in [7, 11) is 0. The van der Waals surface area contributed by atoms with Gasteiger partial charge in [-0.1, -0.05) is 0 Å². The molecule has 0 fully saturated rings. The molecule has 0 spiro atoms. The van der Waals surface area contributed by atoms with Gasteiger partial charge >= 0.3 is 0 Å². The van der Waals surface area contributed by atoms with Gasteiger partial charge in [-0.2, -0.15) is 0 Å². The molecule has 0 aliphatic rings. The zero-order valence-electron chi connectivity index (χ0n) is 7.71. The summed E-state index contributed by atoms with van der Waals surface area (Å²) < 4.78 is 0.529. The van der Waals surface area contributed by atoms with E-state index in [2.05, 4.69) is 26.2 Å². The molecule has 5 heteroatoms. The average Bonchev–Trinajstić information content (AvgIpc) is 2.77. The Balaban J connectivity index is 1.81. The van der Waals surface area contributed by atoms with E-state index in [4.69, 9.17) is 12.2 Å². The second kappa shape index (κ2) is 4.23. The van der Waals surface area contributed by atoms with Gasteiger partial charge in [-0.15, -0.1) is 0 Å². The van der Waals surface area contributed by atoms with E-state index in [9.17, 15) is 0 Å². The van der Waals surface area contributed by atoms with E-state index < -0.39 is 0 Å². The summed E-state index contributed by atoms with van der Waals surface area (Å²) in [6.07, 6.45) is 7.04. The Labute approximate surface area is 86.8 Å². The molecule has 0 amide bonds. The Morgan fingerprint density at radius 1 is 1.29 bits per heavy atom. The lowest BCUT2D eigenvalue weighted by molar-refractivity contribution is 0.775. The first-order valence-electron chi connectivity index (χ1n) is 4.60. The number of H-pyrrole nitrogens is 3. The maximum atomic E-state index is 4.86. The fourth-order valence-electron chi connectivity index (χ4n) is 1.40. The Hall–Kier alpha value is -1.36. The van der Waals surface area contributed by atoms with Crippen LogP contribution in [0.5, 0.6) is 0 Å². The number of hydrogen-bond donors (Lipinski definition) is 3. The molecule has 0 bridgehead atoms. The molecule has 14 heavy (non-hydrogen) atoms. The van der Waals surface area contributed by atoms with Crippen LogP contribution in [0.25, 0.3) is 0 Å². The van der Waals surface area contributed by atoms with Crippen LogP contribution in [0, 0.1) is 4.77 Å². The molecule has 2 rings (SSSR count). The van der Waals surface area contributed by atoms with Crippen LogP contribution < -0.4 is 0 Å². The van der Waals surface area contributed by atoms with Gasteiger partial charge in [-0.3, -0.25) is 10.2 Å². The Kier molecular flexibility index (Phi) is 2.78. The Morgan fingerprint density at radius 2 is 2.21 bits per heavy atom. The highest BCUT2D eigenvalue weighted by Crippen LogP contribution is 2.03. The predicted octanol–water partition coefficient (Wildman–Crippen LogP) is 1.97. The van der Waals surface area contributed by atoms with Crippen molar-refractivity contribution in [1.29, 1.82) is 0 Å². The van der Waals surface area contributed by atoms with E-state index in [1.54, 1.807) is 0 Å². The third-order valence-corrected chi connectivity index (χ3v) is 2.28. The number of aromatic amines is 3. The lowest BCUT2D eigenvalue weighted by Gasteiger charge is -1.95. The van der Waals surface area contributed by atoms with Crippen molar-refractivity contribution in [2.75, 3.05) is 0 Å². The average molecular weight is 208 g/mol. The maximum absolute atomic E-state index is 4.86. The highest BCUT2D eigenvalue weighted by Gasteiger charge is 1.97. The fourth-order valence-corrected chi connectivity index (χ4v) is 1.56. The van der Waals surface area contributed by atoms with Gasteiger partial charge in [0, 0.05) is 18.8 Å². The molecule has 0 atom stereocenters.